The minimum Gasteiger partial charge on any atom is -0.378 e. The summed E-state index contributed by atoms with van der Waals surface area (Å²) in [4.78, 5) is 14.5. The van der Waals surface area contributed by atoms with Crippen LogP contribution in [0.3, 0.4) is 0 Å². The molecule has 2 aliphatic heterocycles. The predicted molar refractivity (Wildman–Crippen MR) is 113 cm³/mol. The van der Waals surface area contributed by atoms with Crippen LogP contribution in [0.25, 0.3) is 0 Å². The molecule has 31 heavy (non-hydrogen) atoms. The molecule has 0 radical (unpaired) electrons. The summed E-state index contributed by atoms with van der Waals surface area (Å²) in [6.07, 6.45) is -3.39. The lowest BCUT2D eigenvalue weighted by Gasteiger charge is -2.20. The maximum atomic E-state index is 13.9. The first-order chi connectivity index (χ1) is 14.6. The summed E-state index contributed by atoms with van der Waals surface area (Å²) < 4.78 is 47.2. The summed E-state index contributed by atoms with van der Waals surface area (Å²) in [5.41, 5.74) is 1.48. The average Bonchev–Trinajstić information content (AvgIpc) is 3.28. The normalized spacial score (nSPS) is 22.1. The summed E-state index contributed by atoms with van der Waals surface area (Å²) in [6.45, 7) is 6.77. The number of amides is 1. The number of rotatable bonds is 5. The molecule has 1 amide bonds. The third-order valence-electron chi connectivity index (χ3n) is 6.28. The van der Waals surface area contributed by atoms with E-state index in [0.29, 0.717) is 23.8 Å². The minimum atomic E-state index is -4.52. The summed E-state index contributed by atoms with van der Waals surface area (Å²) in [5.74, 6) is -0.0658. The molecule has 2 aromatic carbocycles. The quantitative estimate of drug-likeness (QED) is 0.717. The first-order valence-corrected chi connectivity index (χ1v) is 10.6. The Labute approximate surface area is 180 Å². The second-order valence-corrected chi connectivity index (χ2v) is 8.71. The average molecular weight is 432 g/mol. The fourth-order valence-corrected chi connectivity index (χ4v) is 4.47. The van der Waals surface area contributed by atoms with Crippen molar-refractivity contribution in [2.75, 3.05) is 11.5 Å². The molecule has 166 valence electrons. The number of hydrogen-bond donors (Lipinski definition) is 1. The fourth-order valence-electron chi connectivity index (χ4n) is 4.47. The fraction of sp³-hybridized carbons (Fsp3) is 0.458. The zero-order valence-corrected chi connectivity index (χ0v) is 17.9. The monoisotopic (exact) mass is 432 g/mol. The largest absolute Gasteiger partial charge is 0.416 e. The van der Waals surface area contributed by atoms with Crippen molar-refractivity contribution in [2.45, 2.75) is 58.6 Å². The summed E-state index contributed by atoms with van der Waals surface area (Å²) >= 11 is 0. The highest BCUT2D eigenvalue weighted by Gasteiger charge is 2.40. The number of aryl methyl sites for hydroxylation is 1. The summed E-state index contributed by atoms with van der Waals surface area (Å²) in [5, 5.41) is 3.32. The van der Waals surface area contributed by atoms with E-state index in [1.807, 2.05) is 32.9 Å². The molecule has 2 unspecified atom stereocenters. The number of benzene rings is 2. The van der Waals surface area contributed by atoms with Crippen LogP contribution in [0, 0.1) is 12.8 Å². The standard InChI is InChI=1S/C24H27F3N2O2/c1-14-5-4-6-19(7-14)29-12-21-20(23(29)30)9-17(10-22(21)24(25,26)27)11-28-16(3)18-8-15(2)31-13-18/h4-7,9-10,15-16,18,28H,8,11-13H2,1-3H3/t15?,16?,18-/m0/s1. The molecular formula is C24H27F3N2O2. The van der Waals surface area contributed by atoms with Crippen molar-refractivity contribution in [3.8, 4) is 0 Å². The Balaban J connectivity index is 1.60. The van der Waals surface area contributed by atoms with Crippen LogP contribution in [0.5, 0.6) is 0 Å². The Bertz CT molecular complexity index is 989. The number of hydrogen-bond acceptors (Lipinski definition) is 3. The first-order valence-electron chi connectivity index (χ1n) is 10.6. The van der Waals surface area contributed by atoms with Crippen LogP contribution in [-0.4, -0.2) is 24.7 Å². The molecule has 1 saturated heterocycles. The Morgan fingerprint density at radius 1 is 1.26 bits per heavy atom. The van der Waals surface area contributed by atoms with Gasteiger partial charge in [0.2, 0.25) is 0 Å². The number of fused-ring (bicyclic) bond motifs is 1. The van der Waals surface area contributed by atoms with Gasteiger partial charge >= 0.3 is 6.18 Å². The van der Waals surface area contributed by atoms with Gasteiger partial charge in [-0.25, -0.2) is 0 Å². The van der Waals surface area contributed by atoms with Crippen molar-refractivity contribution in [1.82, 2.24) is 5.32 Å². The highest BCUT2D eigenvalue weighted by Crippen LogP contribution is 2.39. The van der Waals surface area contributed by atoms with Crippen molar-refractivity contribution in [1.29, 1.82) is 0 Å². The third-order valence-corrected chi connectivity index (χ3v) is 6.28. The Kier molecular flexibility index (Phi) is 5.83. The first kappa shape index (κ1) is 21.8. The van der Waals surface area contributed by atoms with Gasteiger partial charge in [-0.3, -0.25) is 4.79 Å². The van der Waals surface area contributed by atoms with Crippen LogP contribution in [-0.2, 0) is 24.0 Å². The molecule has 4 nitrogen and oxygen atoms in total. The van der Waals surface area contributed by atoms with Gasteiger partial charge in [0.25, 0.3) is 5.91 Å². The molecule has 0 saturated carbocycles. The summed E-state index contributed by atoms with van der Waals surface area (Å²) in [6, 6.07) is 10.1. The lowest BCUT2D eigenvalue weighted by atomic mass is 9.96. The highest BCUT2D eigenvalue weighted by molar-refractivity contribution is 6.10. The van der Waals surface area contributed by atoms with Crippen molar-refractivity contribution >= 4 is 11.6 Å². The van der Waals surface area contributed by atoms with Gasteiger partial charge in [-0.1, -0.05) is 12.1 Å². The number of halogens is 3. The summed E-state index contributed by atoms with van der Waals surface area (Å²) in [7, 11) is 0. The van der Waals surface area contributed by atoms with E-state index in [1.165, 1.54) is 11.0 Å². The molecule has 0 aliphatic carbocycles. The molecule has 7 heteroatoms. The number of anilines is 1. The number of nitrogens with zero attached hydrogens (tertiary/aromatic N) is 1. The van der Waals surface area contributed by atoms with E-state index in [-0.39, 0.29) is 42.3 Å². The molecule has 1 fully saturated rings. The minimum absolute atomic E-state index is 0.0498. The number of alkyl halides is 3. The molecular weight excluding hydrogens is 405 g/mol. The van der Waals surface area contributed by atoms with Crippen LogP contribution in [0.2, 0.25) is 0 Å². The molecule has 4 rings (SSSR count). The zero-order valence-electron chi connectivity index (χ0n) is 17.9. The van der Waals surface area contributed by atoms with E-state index in [4.69, 9.17) is 4.74 Å². The highest BCUT2D eigenvalue weighted by atomic mass is 19.4. The molecule has 2 aliphatic rings. The van der Waals surface area contributed by atoms with E-state index in [9.17, 15) is 18.0 Å². The van der Waals surface area contributed by atoms with E-state index in [0.717, 1.165) is 12.0 Å². The van der Waals surface area contributed by atoms with Gasteiger partial charge in [0.1, 0.15) is 0 Å². The van der Waals surface area contributed by atoms with Gasteiger partial charge in [-0.05, 0) is 74.1 Å². The van der Waals surface area contributed by atoms with E-state index in [2.05, 4.69) is 5.32 Å². The number of carbonyl (C=O) groups is 1. The van der Waals surface area contributed by atoms with E-state index in [1.54, 1.807) is 18.2 Å². The lowest BCUT2D eigenvalue weighted by molar-refractivity contribution is -0.138. The van der Waals surface area contributed by atoms with Gasteiger partial charge in [-0.15, -0.1) is 0 Å². The molecule has 0 aromatic heterocycles. The molecule has 1 N–H and O–H groups in total. The topological polar surface area (TPSA) is 41.6 Å². The number of ether oxygens (including phenoxy) is 1. The molecule has 2 aromatic rings. The second kappa shape index (κ2) is 8.28. The maximum absolute atomic E-state index is 13.9. The lowest BCUT2D eigenvalue weighted by Crippen LogP contribution is -2.33. The van der Waals surface area contributed by atoms with Crippen LogP contribution < -0.4 is 10.2 Å². The van der Waals surface area contributed by atoms with Crippen molar-refractivity contribution < 1.29 is 22.7 Å². The Morgan fingerprint density at radius 2 is 2.03 bits per heavy atom. The molecule has 0 spiro atoms. The zero-order chi connectivity index (χ0) is 22.3. The van der Waals surface area contributed by atoms with Gasteiger partial charge < -0.3 is 15.0 Å². The van der Waals surface area contributed by atoms with Gasteiger partial charge in [0, 0.05) is 23.8 Å². The number of nitrogens with one attached hydrogen (secondary N) is 1. The molecule has 3 atom stereocenters. The molecule has 0 bridgehead atoms. The van der Waals surface area contributed by atoms with Gasteiger partial charge in [0.15, 0.2) is 0 Å². The van der Waals surface area contributed by atoms with E-state index < -0.39 is 11.7 Å². The maximum Gasteiger partial charge on any atom is 0.416 e. The third kappa shape index (κ3) is 4.48. The Hall–Kier alpha value is -2.38. The van der Waals surface area contributed by atoms with Crippen LogP contribution in [0.15, 0.2) is 36.4 Å². The number of carbonyl (C=O) groups excluding carboxylic acids is 1. The second-order valence-electron chi connectivity index (χ2n) is 8.71. The SMILES string of the molecule is Cc1cccc(N2Cc3c(cc(CNC(C)[C@@H]4COC(C)C4)cc3C(F)(F)F)C2=O)c1. The Morgan fingerprint density at radius 3 is 2.68 bits per heavy atom. The van der Waals surface area contributed by atoms with Crippen molar-refractivity contribution in [2.24, 2.45) is 5.92 Å². The van der Waals surface area contributed by atoms with Crippen LogP contribution >= 0.6 is 0 Å². The predicted octanol–water partition coefficient (Wildman–Crippen LogP) is 5.08. The van der Waals surface area contributed by atoms with Crippen molar-refractivity contribution in [3.05, 3.63) is 64.2 Å². The van der Waals surface area contributed by atoms with Crippen molar-refractivity contribution in [3.63, 3.8) is 0 Å². The smallest absolute Gasteiger partial charge is 0.378 e. The van der Waals surface area contributed by atoms with Crippen LogP contribution in [0.1, 0.15) is 52.9 Å². The van der Waals surface area contributed by atoms with Crippen LogP contribution in [0.4, 0.5) is 18.9 Å². The molecule has 2 heterocycles. The van der Waals surface area contributed by atoms with Gasteiger partial charge in [-0.2, -0.15) is 13.2 Å². The van der Waals surface area contributed by atoms with Gasteiger partial charge in [0.05, 0.1) is 24.8 Å². The van der Waals surface area contributed by atoms with E-state index >= 15 is 0 Å².